The van der Waals surface area contributed by atoms with Crippen LogP contribution in [0.1, 0.15) is 5.56 Å². The first kappa shape index (κ1) is 16.1. The van der Waals surface area contributed by atoms with Crippen LogP contribution in [0.2, 0.25) is 0 Å². The topological polar surface area (TPSA) is 78.4 Å². The lowest BCUT2D eigenvalue weighted by Gasteiger charge is -2.34. The average Bonchev–Trinajstić information content (AvgIpc) is 2.63. The van der Waals surface area contributed by atoms with Crippen molar-refractivity contribution < 1.29 is 9.59 Å². The first-order valence-corrected chi connectivity index (χ1v) is 7.86. The minimum absolute atomic E-state index is 0.138. The second kappa shape index (κ2) is 7.65. The predicted octanol–water partition coefficient (Wildman–Crippen LogP) is 0.759. The Kier molecular flexibility index (Phi) is 5.12. The van der Waals surface area contributed by atoms with Crippen LogP contribution in [0.4, 0.5) is 5.95 Å². The molecule has 0 spiro atoms. The van der Waals surface area contributed by atoms with Gasteiger partial charge in [0.05, 0.1) is 0 Å². The second-order valence-electron chi connectivity index (χ2n) is 5.58. The van der Waals surface area contributed by atoms with Crippen molar-refractivity contribution in [1.82, 2.24) is 19.8 Å². The van der Waals surface area contributed by atoms with Crippen molar-refractivity contribution in [2.45, 2.75) is 6.54 Å². The Labute approximate surface area is 140 Å². The fourth-order valence-electron chi connectivity index (χ4n) is 2.61. The van der Waals surface area contributed by atoms with Crippen LogP contribution >= 0.6 is 0 Å². The van der Waals surface area contributed by atoms with E-state index in [0.717, 1.165) is 19.6 Å². The maximum atomic E-state index is 12.2. The van der Waals surface area contributed by atoms with E-state index in [-0.39, 0.29) is 5.95 Å². The molecule has 24 heavy (non-hydrogen) atoms. The van der Waals surface area contributed by atoms with Crippen LogP contribution in [0, 0.1) is 0 Å². The van der Waals surface area contributed by atoms with Gasteiger partial charge in [0.25, 0.3) is 0 Å². The number of rotatable bonds is 3. The van der Waals surface area contributed by atoms with Crippen LogP contribution in [-0.2, 0) is 16.1 Å². The molecule has 1 N–H and O–H groups in total. The summed E-state index contributed by atoms with van der Waals surface area (Å²) in [6.45, 7) is 3.42. The van der Waals surface area contributed by atoms with Crippen LogP contribution in [0.3, 0.4) is 0 Å². The third-order valence-electron chi connectivity index (χ3n) is 3.89. The summed E-state index contributed by atoms with van der Waals surface area (Å²) in [5.74, 6) is -1.10. The Hall–Kier alpha value is -2.80. The first-order valence-electron chi connectivity index (χ1n) is 7.86. The number of hydrogen-bond donors (Lipinski definition) is 1. The number of carbonyl (C=O) groups excluding carboxylic acids is 2. The fraction of sp³-hybridized carbons (Fsp3) is 0.294. The maximum Gasteiger partial charge on any atom is 0.316 e. The molecule has 2 amide bonds. The second-order valence-corrected chi connectivity index (χ2v) is 5.58. The number of anilines is 1. The number of nitrogens with one attached hydrogen (secondary N) is 1. The third-order valence-corrected chi connectivity index (χ3v) is 3.89. The van der Waals surface area contributed by atoms with Gasteiger partial charge in [-0.3, -0.25) is 19.8 Å². The molecule has 1 aromatic heterocycles. The van der Waals surface area contributed by atoms with Crippen molar-refractivity contribution in [1.29, 1.82) is 0 Å². The van der Waals surface area contributed by atoms with E-state index >= 15 is 0 Å². The summed E-state index contributed by atoms with van der Waals surface area (Å²) in [6, 6.07) is 11.9. The van der Waals surface area contributed by atoms with Crippen LogP contribution in [0.15, 0.2) is 48.8 Å². The Bertz CT molecular complexity index is 685. The van der Waals surface area contributed by atoms with Gasteiger partial charge in [-0.25, -0.2) is 9.97 Å². The predicted molar refractivity (Wildman–Crippen MR) is 89.0 cm³/mol. The van der Waals surface area contributed by atoms with Crippen molar-refractivity contribution in [2.24, 2.45) is 0 Å². The van der Waals surface area contributed by atoms with E-state index in [4.69, 9.17) is 0 Å². The van der Waals surface area contributed by atoms with Gasteiger partial charge in [-0.1, -0.05) is 30.3 Å². The van der Waals surface area contributed by atoms with Gasteiger partial charge in [0.1, 0.15) is 0 Å². The van der Waals surface area contributed by atoms with Crippen LogP contribution < -0.4 is 5.32 Å². The van der Waals surface area contributed by atoms with Gasteiger partial charge in [0, 0.05) is 45.1 Å². The van der Waals surface area contributed by atoms with E-state index in [0.29, 0.717) is 13.1 Å². The summed E-state index contributed by atoms with van der Waals surface area (Å²) in [5.41, 5.74) is 1.25. The molecule has 0 aliphatic carbocycles. The smallest absolute Gasteiger partial charge is 0.316 e. The first-order chi connectivity index (χ1) is 11.7. The van der Waals surface area contributed by atoms with Gasteiger partial charge in [0.2, 0.25) is 5.95 Å². The lowest BCUT2D eigenvalue weighted by atomic mass is 10.2. The fourth-order valence-corrected chi connectivity index (χ4v) is 2.61. The molecule has 124 valence electrons. The molecule has 0 atom stereocenters. The summed E-state index contributed by atoms with van der Waals surface area (Å²) >= 11 is 0. The molecule has 3 rings (SSSR count). The molecule has 1 aromatic carbocycles. The van der Waals surface area contributed by atoms with E-state index in [9.17, 15) is 9.59 Å². The van der Waals surface area contributed by atoms with Crippen molar-refractivity contribution in [3.63, 3.8) is 0 Å². The van der Waals surface area contributed by atoms with E-state index in [1.807, 2.05) is 18.2 Å². The van der Waals surface area contributed by atoms with Gasteiger partial charge >= 0.3 is 11.8 Å². The molecule has 0 saturated carbocycles. The minimum Gasteiger partial charge on any atom is -0.332 e. The zero-order valence-corrected chi connectivity index (χ0v) is 13.3. The maximum absolute atomic E-state index is 12.2. The minimum atomic E-state index is -0.697. The standard InChI is InChI=1S/C17H19N5O2/c23-15(20-17-18-7-4-8-19-17)16(24)22-11-9-21(10-12-22)13-14-5-2-1-3-6-14/h1-8H,9-13H2,(H,18,19,20,23). The number of benzene rings is 1. The largest absolute Gasteiger partial charge is 0.332 e. The van der Waals surface area contributed by atoms with E-state index < -0.39 is 11.8 Å². The highest BCUT2D eigenvalue weighted by atomic mass is 16.2. The highest BCUT2D eigenvalue weighted by Crippen LogP contribution is 2.09. The van der Waals surface area contributed by atoms with Gasteiger partial charge in [-0.05, 0) is 11.6 Å². The molecule has 0 bridgehead atoms. The number of nitrogens with zero attached hydrogens (tertiary/aromatic N) is 4. The van der Waals surface area contributed by atoms with Crippen LogP contribution in [-0.4, -0.2) is 57.8 Å². The lowest BCUT2D eigenvalue weighted by Crippen LogP contribution is -2.51. The van der Waals surface area contributed by atoms with Gasteiger partial charge in [-0.2, -0.15) is 0 Å². The Morgan fingerprint density at radius 3 is 2.29 bits per heavy atom. The summed E-state index contributed by atoms with van der Waals surface area (Å²) in [6.07, 6.45) is 3.02. The van der Waals surface area contributed by atoms with Crippen molar-refractivity contribution in [3.05, 3.63) is 54.4 Å². The monoisotopic (exact) mass is 325 g/mol. The molecule has 2 heterocycles. The zero-order valence-electron chi connectivity index (χ0n) is 13.3. The normalized spacial score (nSPS) is 15.1. The molecule has 7 heteroatoms. The van der Waals surface area contributed by atoms with Gasteiger partial charge in [0.15, 0.2) is 0 Å². The van der Waals surface area contributed by atoms with Gasteiger partial charge in [-0.15, -0.1) is 0 Å². The van der Waals surface area contributed by atoms with E-state index in [1.165, 1.54) is 18.0 Å². The number of piperazine rings is 1. The third kappa shape index (κ3) is 4.14. The molecule has 0 radical (unpaired) electrons. The average molecular weight is 325 g/mol. The molecule has 2 aromatic rings. The SMILES string of the molecule is O=C(Nc1ncccn1)C(=O)N1CCN(Cc2ccccc2)CC1. The molecule has 1 aliphatic heterocycles. The number of carbonyl (C=O) groups is 2. The summed E-state index contributed by atoms with van der Waals surface area (Å²) < 4.78 is 0. The Morgan fingerprint density at radius 1 is 0.958 bits per heavy atom. The van der Waals surface area contributed by atoms with Crippen LogP contribution in [0.25, 0.3) is 0 Å². The Morgan fingerprint density at radius 2 is 1.62 bits per heavy atom. The van der Waals surface area contributed by atoms with Crippen molar-refractivity contribution in [3.8, 4) is 0 Å². The highest BCUT2D eigenvalue weighted by molar-refractivity contribution is 6.39. The van der Waals surface area contributed by atoms with Crippen LogP contribution in [0.5, 0.6) is 0 Å². The molecule has 0 unspecified atom stereocenters. The van der Waals surface area contributed by atoms with Crippen molar-refractivity contribution in [2.75, 3.05) is 31.5 Å². The van der Waals surface area contributed by atoms with E-state index in [1.54, 1.807) is 11.0 Å². The lowest BCUT2D eigenvalue weighted by molar-refractivity contribution is -0.144. The van der Waals surface area contributed by atoms with Gasteiger partial charge < -0.3 is 4.90 Å². The summed E-state index contributed by atoms with van der Waals surface area (Å²) in [5, 5.41) is 2.42. The molecule has 1 fully saturated rings. The molecular formula is C17H19N5O2. The molecular weight excluding hydrogens is 306 g/mol. The molecule has 7 nitrogen and oxygen atoms in total. The number of hydrogen-bond acceptors (Lipinski definition) is 5. The molecule has 1 aliphatic rings. The number of amides is 2. The quantitative estimate of drug-likeness (QED) is 0.843. The summed E-state index contributed by atoms with van der Waals surface area (Å²) in [7, 11) is 0. The number of aromatic nitrogens is 2. The molecule has 1 saturated heterocycles. The zero-order chi connectivity index (χ0) is 16.8. The van der Waals surface area contributed by atoms with E-state index in [2.05, 4.69) is 32.3 Å². The highest BCUT2D eigenvalue weighted by Gasteiger charge is 2.26. The summed E-state index contributed by atoms with van der Waals surface area (Å²) in [4.78, 5) is 35.8. The van der Waals surface area contributed by atoms with Crippen molar-refractivity contribution >= 4 is 17.8 Å². The Balaban J connectivity index is 1.49.